The van der Waals surface area contributed by atoms with Crippen LogP contribution >= 0.6 is 0 Å². The summed E-state index contributed by atoms with van der Waals surface area (Å²) in [6.45, 7) is 0. The third-order valence-electron chi connectivity index (χ3n) is 3.56. The molecule has 1 aliphatic rings. The van der Waals surface area contributed by atoms with Crippen molar-refractivity contribution in [2.24, 2.45) is 5.10 Å². The Balaban J connectivity index is 2.14. The van der Waals surface area contributed by atoms with Crippen molar-refractivity contribution in [1.29, 1.82) is 0 Å². The zero-order valence-electron chi connectivity index (χ0n) is 13.9. The number of carbonyl (C=O) groups is 2. The van der Waals surface area contributed by atoms with Crippen LogP contribution in [0, 0.1) is 0 Å². The maximum Gasteiger partial charge on any atom is 0.282 e. The molecule has 0 fully saturated rings. The van der Waals surface area contributed by atoms with Crippen LogP contribution in [0.25, 0.3) is 0 Å². The quantitative estimate of drug-likeness (QED) is 0.668. The molecule has 1 N–H and O–H groups in total. The summed E-state index contributed by atoms with van der Waals surface area (Å²) in [5.74, 6) is -0.240. The van der Waals surface area contributed by atoms with Crippen molar-refractivity contribution in [2.75, 3.05) is 24.4 Å². The van der Waals surface area contributed by atoms with E-state index in [1.807, 2.05) is 44.4 Å². The van der Waals surface area contributed by atoms with Gasteiger partial charge in [0.05, 0.1) is 16.9 Å². The smallest absolute Gasteiger partial charge is 0.282 e. The molecule has 1 aromatic heterocycles. The lowest BCUT2D eigenvalue weighted by Crippen LogP contribution is -2.22. The molecule has 2 aromatic rings. The van der Waals surface area contributed by atoms with E-state index >= 15 is 0 Å². The van der Waals surface area contributed by atoms with Crippen LogP contribution in [0.1, 0.15) is 5.56 Å². The lowest BCUT2D eigenvalue weighted by Gasteiger charge is -2.12. The number of benzene rings is 1. The summed E-state index contributed by atoms with van der Waals surface area (Å²) in [5.41, 5.74) is 2.67. The molecule has 126 valence electrons. The van der Waals surface area contributed by atoms with Gasteiger partial charge in [0, 0.05) is 38.3 Å². The number of nitrogens with zero attached hydrogens (tertiary/aromatic N) is 4. The molecule has 1 aromatic carbocycles. The Morgan fingerprint density at radius 2 is 1.92 bits per heavy atom. The number of hydrazone groups is 1. The van der Waals surface area contributed by atoms with E-state index in [9.17, 15) is 9.59 Å². The van der Waals surface area contributed by atoms with Crippen molar-refractivity contribution in [1.82, 2.24) is 9.88 Å². The van der Waals surface area contributed by atoms with Crippen LogP contribution in [0.5, 0.6) is 0 Å². The van der Waals surface area contributed by atoms with E-state index in [1.165, 1.54) is 5.01 Å². The Kier molecular flexibility index (Phi) is 4.56. The summed E-state index contributed by atoms with van der Waals surface area (Å²) in [6, 6.07) is 10.8. The largest absolute Gasteiger partial charge is 0.383 e. The molecule has 0 unspecified atom stereocenters. The highest BCUT2D eigenvalue weighted by molar-refractivity contribution is 6.36. The van der Waals surface area contributed by atoms with E-state index in [0.717, 1.165) is 0 Å². The zero-order valence-corrected chi connectivity index (χ0v) is 13.9. The van der Waals surface area contributed by atoms with Crippen LogP contribution in [0.15, 0.2) is 65.7 Å². The van der Waals surface area contributed by atoms with E-state index in [1.54, 1.807) is 29.6 Å². The Morgan fingerprint density at radius 3 is 2.60 bits per heavy atom. The minimum atomic E-state index is -0.240. The number of hydrogen-bond donors (Lipinski definition) is 1. The lowest BCUT2D eigenvalue weighted by molar-refractivity contribution is -0.114. The number of aromatic nitrogens is 1. The molecule has 25 heavy (non-hydrogen) atoms. The second-order valence-electron chi connectivity index (χ2n) is 5.59. The lowest BCUT2D eigenvalue weighted by atomic mass is 10.0. The first kappa shape index (κ1) is 16.4. The Hall–Kier alpha value is -3.48. The second-order valence-corrected chi connectivity index (χ2v) is 5.59. The molecule has 2 heterocycles. The van der Waals surface area contributed by atoms with E-state index in [4.69, 9.17) is 0 Å². The average molecular weight is 335 g/mol. The molecule has 2 amide bonds. The number of amides is 2. The Bertz CT molecular complexity index is 859. The summed E-state index contributed by atoms with van der Waals surface area (Å²) in [5, 5.41) is 8.47. The van der Waals surface area contributed by atoms with Crippen LogP contribution in [-0.2, 0) is 9.59 Å². The number of rotatable bonds is 5. The molecule has 0 saturated carbocycles. The van der Waals surface area contributed by atoms with Crippen LogP contribution in [-0.4, -0.2) is 42.0 Å². The van der Waals surface area contributed by atoms with Gasteiger partial charge in [-0.15, -0.1) is 0 Å². The van der Waals surface area contributed by atoms with Crippen molar-refractivity contribution >= 4 is 29.4 Å². The number of anilines is 2. The minimum absolute atomic E-state index is 0.240. The van der Waals surface area contributed by atoms with Crippen molar-refractivity contribution in [2.45, 2.75) is 0 Å². The van der Waals surface area contributed by atoms with E-state index in [2.05, 4.69) is 15.4 Å². The molecule has 0 aliphatic carbocycles. The fraction of sp³-hybridized carbons (Fsp3) is 0.111. The highest BCUT2D eigenvalue weighted by atomic mass is 16.2. The summed E-state index contributed by atoms with van der Waals surface area (Å²) >= 11 is 0. The molecule has 0 saturated heterocycles. The van der Waals surface area contributed by atoms with Gasteiger partial charge in [-0.2, -0.15) is 10.1 Å². The van der Waals surface area contributed by atoms with Crippen LogP contribution < -0.4 is 10.3 Å². The van der Waals surface area contributed by atoms with Crippen molar-refractivity contribution in [3.63, 3.8) is 0 Å². The van der Waals surface area contributed by atoms with Gasteiger partial charge in [0.25, 0.3) is 5.91 Å². The summed E-state index contributed by atoms with van der Waals surface area (Å²) in [6.07, 6.45) is 5.44. The van der Waals surface area contributed by atoms with Crippen molar-refractivity contribution in [3.8, 4) is 0 Å². The second kappa shape index (κ2) is 6.96. The topological polar surface area (TPSA) is 77.9 Å². The van der Waals surface area contributed by atoms with Gasteiger partial charge in [-0.3, -0.25) is 14.6 Å². The first-order valence-electron chi connectivity index (χ1n) is 7.63. The van der Waals surface area contributed by atoms with E-state index < -0.39 is 0 Å². The normalized spacial score (nSPS) is 15.3. The van der Waals surface area contributed by atoms with E-state index in [-0.39, 0.29) is 5.91 Å². The standard InChI is InChI=1S/C18H17N5O2/c1-22(2)11-15-17(14-10-19-9-8-16(14)20-12-24)21-23(18(15)25)13-6-4-3-5-7-13/h3-12H,1-2H3,(H,19,20,24). The maximum atomic E-state index is 12.9. The number of carbonyl (C=O) groups excluding carboxylic acids is 2. The van der Waals surface area contributed by atoms with Gasteiger partial charge >= 0.3 is 0 Å². The summed E-state index contributed by atoms with van der Waals surface area (Å²) in [4.78, 5) is 29.7. The van der Waals surface area contributed by atoms with Gasteiger partial charge in [-0.25, -0.2) is 0 Å². The molecule has 0 atom stereocenters. The van der Waals surface area contributed by atoms with Crippen LogP contribution in [0.4, 0.5) is 11.4 Å². The Labute approximate surface area is 145 Å². The molecule has 0 bridgehead atoms. The predicted octanol–water partition coefficient (Wildman–Crippen LogP) is 1.85. The van der Waals surface area contributed by atoms with E-state index in [0.29, 0.717) is 34.6 Å². The maximum absolute atomic E-state index is 12.9. The highest BCUT2D eigenvalue weighted by Crippen LogP contribution is 2.28. The summed E-state index contributed by atoms with van der Waals surface area (Å²) in [7, 11) is 3.66. The fourth-order valence-electron chi connectivity index (χ4n) is 2.50. The van der Waals surface area contributed by atoms with Gasteiger partial charge < -0.3 is 10.2 Å². The van der Waals surface area contributed by atoms with Crippen LogP contribution in [0.2, 0.25) is 0 Å². The summed E-state index contributed by atoms with van der Waals surface area (Å²) < 4.78 is 0. The average Bonchev–Trinajstić information content (AvgIpc) is 2.93. The van der Waals surface area contributed by atoms with Crippen LogP contribution in [0.3, 0.4) is 0 Å². The monoisotopic (exact) mass is 335 g/mol. The highest BCUT2D eigenvalue weighted by Gasteiger charge is 2.33. The molecule has 0 radical (unpaired) electrons. The SMILES string of the molecule is CN(C)C=C1C(=O)N(c2ccccc2)N=C1c1cnccc1NC=O. The third kappa shape index (κ3) is 3.25. The molecule has 0 spiro atoms. The van der Waals surface area contributed by atoms with Gasteiger partial charge in [0.1, 0.15) is 5.71 Å². The van der Waals surface area contributed by atoms with Gasteiger partial charge in [-0.05, 0) is 18.2 Å². The molecular formula is C18H17N5O2. The van der Waals surface area contributed by atoms with Gasteiger partial charge in [-0.1, -0.05) is 18.2 Å². The number of para-hydroxylation sites is 1. The predicted molar refractivity (Wildman–Crippen MR) is 96.2 cm³/mol. The van der Waals surface area contributed by atoms with Gasteiger partial charge in [0.2, 0.25) is 6.41 Å². The zero-order chi connectivity index (χ0) is 17.8. The number of hydrogen-bond acceptors (Lipinski definition) is 5. The molecule has 1 aliphatic heterocycles. The third-order valence-corrected chi connectivity index (χ3v) is 3.56. The Morgan fingerprint density at radius 1 is 1.16 bits per heavy atom. The molecule has 7 nitrogen and oxygen atoms in total. The number of pyridine rings is 1. The number of nitrogens with one attached hydrogen (secondary N) is 1. The fourth-order valence-corrected chi connectivity index (χ4v) is 2.50. The van der Waals surface area contributed by atoms with Gasteiger partial charge in [0.15, 0.2) is 0 Å². The first-order chi connectivity index (χ1) is 12.1. The molecular weight excluding hydrogens is 318 g/mol. The molecule has 3 rings (SSSR count). The minimum Gasteiger partial charge on any atom is -0.383 e. The van der Waals surface area contributed by atoms with Crippen molar-refractivity contribution < 1.29 is 9.59 Å². The molecule has 7 heteroatoms. The van der Waals surface area contributed by atoms with Crippen molar-refractivity contribution in [3.05, 3.63) is 66.1 Å². The first-order valence-corrected chi connectivity index (χ1v) is 7.63.